The van der Waals surface area contributed by atoms with Crippen molar-refractivity contribution in [3.8, 4) is 0 Å². The molecule has 2 N–H and O–H groups in total. The monoisotopic (exact) mass is 227 g/mol. The van der Waals surface area contributed by atoms with Crippen LogP contribution in [0.5, 0.6) is 0 Å². The lowest BCUT2D eigenvalue weighted by Crippen LogP contribution is -2.41. The highest BCUT2D eigenvalue weighted by atomic mass is 16.1. The number of likely N-dealkylation sites (tertiary alicyclic amines) is 1. The van der Waals surface area contributed by atoms with Gasteiger partial charge >= 0.3 is 0 Å². The molecule has 0 aromatic rings. The van der Waals surface area contributed by atoms with Crippen molar-refractivity contribution in [3.05, 3.63) is 0 Å². The van der Waals surface area contributed by atoms with Crippen LogP contribution in [-0.2, 0) is 4.79 Å². The van der Waals surface area contributed by atoms with E-state index in [2.05, 4.69) is 36.4 Å². The highest BCUT2D eigenvalue weighted by Crippen LogP contribution is 2.15. The molecular formula is C12H25N3O. The molecule has 0 saturated carbocycles. The molecule has 0 aromatic carbocycles. The molecule has 16 heavy (non-hydrogen) atoms. The van der Waals surface area contributed by atoms with E-state index in [1.165, 1.54) is 0 Å². The van der Waals surface area contributed by atoms with Crippen LogP contribution in [-0.4, -0.2) is 50.1 Å². The normalized spacial score (nSPS) is 19.0. The lowest BCUT2D eigenvalue weighted by molar-refractivity contribution is -0.126. The van der Waals surface area contributed by atoms with Crippen LogP contribution >= 0.6 is 0 Å². The minimum absolute atomic E-state index is 0.232. The van der Waals surface area contributed by atoms with Crippen molar-refractivity contribution in [2.24, 2.45) is 5.92 Å². The fourth-order valence-electron chi connectivity index (χ4n) is 1.96. The van der Waals surface area contributed by atoms with Gasteiger partial charge in [0.1, 0.15) is 0 Å². The molecule has 1 aliphatic rings. The van der Waals surface area contributed by atoms with Crippen molar-refractivity contribution < 1.29 is 4.79 Å². The van der Waals surface area contributed by atoms with Gasteiger partial charge in [0.05, 0.1) is 0 Å². The Bertz CT molecular complexity index is 210. The van der Waals surface area contributed by atoms with Gasteiger partial charge < -0.3 is 15.5 Å². The predicted molar refractivity (Wildman–Crippen MR) is 66.4 cm³/mol. The van der Waals surface area contributed by atoms with Gasteiger partial charge in [-0.05, 0) is 33.0 Å². The molecule has 4 nitrogen and oxygen atoms in total. The summed E-state index contributed by atoms with van der Waals surface area (Å²) in [6.07, 6.45) is 2.00. The highest BCUT2D eigenvalue weighted by Gasteiger charge is 2.22. The summed E-state index contributed by atoms with van der Waals surface area (Å²) in [5.41, 5.74) is 0. The molecule has 0 atom stereocenters. The number of carbonyl (C=O) groups excluding carboxylic acids is 1. The zero-order chi connectivity index (χ0) is 12.0. The summed E-state index contributed by atoms with van der Waals surface area (Å²) in [5.74, 6) is 0.467. The number of amides is 1. The molecule has 94 valence electrons. The average molecular weight is 227 g/mol. The number of carbonyl (C=O) groups is 1. The van der Waals surface area contributed by atoms with Crippen molar-refractivity contribution in [1.29, 1.82) is 0 Å². The molecule has 0 aromatic heterocycles. The number of hydrogen-bond acceptors (Lipinski definition) is 3. The van der Waals surface area contributed by atoms with Gasteiger partial charge in [-0.1, -0.05) is 13.8 Å². The van der Waals surface area contributed by atoms with Crippen molar-refractivity contribution in [2.75, 3.05) is 33.2 Å². The average Bonchev–Trinajstić information content (AvgIpc) is 2.25. The second-order valence-corrected chi connectivity index (χ2v) is 4.98. The molecule has 4 heteroatoms. The maximum atomic E-state index is 11.8. The lowest BCUT2D eigenvalue weighted by atomic mass is 9.96. The molecular weight excluding hydrogens is 202 g/mol. The largest absolute Gasteiger partial charge is 0.355 e. The number of rotatable bonds is 5. The van der Waals surface area contributed by atoms with E-state index < -0.39 is 0 Å². The summed E-state index contributed by atoms with van der Waals surface area (Å²) in [4.78, 5) is 14.1. The molecule has 1 aliphatic heterocycles. The van der Waals surface area contributed by atoms with E-state index in [-0.39, 0.29) is 11.8 Å². The van der Waals surface area contributed by atoms with E-state index in [0.29, 0.717) is 6.04 Å². The Balaban J connectivity index is 2.10. The third-order valence-electron chi connectivity index (χ3n) is 3.07. The molecule has 1 saturated heterocycles. The van der Waals surface area contributed by atoms with Crippen LogP contribution in [0.3, 0.4) is 0 Å². The standard InChI is InChI=1S/C12H25N3O/c1-10(2)13-6-7-14-12(16)11-4-8-15(3)9-5-11/h10-11,13H,4-9H2,1-3H3,(H,14,16). The quantitative estimate of drug-likeness (QED) is 0.670. The Labute approximate surface area is 98.8 Å². The van der Waals surface area contributed by atoms with Crippen LogP contribution < -0.4 is 10.6 Å². The highest BCUT2D eigenvalue weighted by molar-refractivity contribution is 5.78. The molecule has 1 amide bonds. The molecule has 0 bridgehead atoms. The van der Waals surface area contributed by atoms with Gasteiger partial charge in [-0.2, -0.15) is 0 Å². The van der Waals surface area contributed by atoms with Crippen LogP contribution in [0.25, 0.3) is 0 Å². The molecule has 1 fully saturated rings. The molecule has 1 rings (SSSR count). The van der Waals surface area contributed by atoms with E-state index in [0.717, 1.165) is 39.0 Å². The first kappa shape index (κ1) is 13.5. The van der Waals surface area contributed by atoms with Crippen LogP contribution in [0.1, 0.15) is 26.7 Å². The molecule has 0 spiro atoms. The van der Waals surface area contributed by atoms with Crippen molar-refractivity contribution >= 4 is 5.91 Å². The Morgan fingerprint density at radius 1 is 1.31 bits per heavy atom. The topological polar surface area (TPSA) is 44.4 Å². The van der Waals surface area contributed by atoms with E-state index >= 15 is 0 Å². The smallest absolute Gasteiger partial charge is 0.223 e. The second-order valence-electron chi connectivity index (χ2n) is 4.98. The first-order valence-corrected chi connectivity index (χ1v) is 6.29. The number of nitrogens with one attached hydrogen (secondary N) is 2. The summed E-state index contributed by atoms with van der Waals surface area (Å²) in [7, 11) is 2.11. The summed E-state index contributed by atoms with van der Waals surface area (Å²) in [6.45, 7) is 7.90. The number of piperidine rings is 1. The van der Waals surface area contributed by atoms with E-state index in [1.807, 2.05) is 0 Å². The third-order valence-corrected chi connectivity index (χ3v) is 3.07. The fraction of sp³-hybridized carbons (Fsp3) is 0.917. The second kappa shape index (κ2) is 6.86. The van der Waals surface area contributed by atoms with Crippen molar-refractivity contribution in [2.45, 2.75) is 32.7 Å². The summed E-state index contributed by atoms with van der Waals surface area (Å²) < 4.78 is 0. The van der Waals surface area contributed by atoms with E-state index in [1.54, 1.807) is 0 Å². The Morgan fingerprint density at radius 3 is 2.50 bits per heavy atom. The van der Waals surface area contributed by atoms with Gasteiger partial charge in [-0.15, -0.1) is 0 Å². The van der Waals surface area contributed by atoms with Gasteiger partial charge in [0.2, 0.25) is 5.91 Å². The van der Waals surface area contributed by atoms with Crippen LogP contribution in [0.15, 0.2) is 0 Å². The number of hydrogen-bond donors (Lipinski definition) is 2. The van der Waals surface area contributed by atoms with Gasteiger partial charge in [0.25, 0.3) is 0 Å². The maximum absolute atomic E-state index is 11.8. The molecule has 0 aliphatic carbocycles. The van der Waals surface area contributed by atoms with E-state index in [4.69, 9.17) is 0 Å². The number of nitrogens with zero attached hydrogens (tertiary/aromatic N) is 1. The summed E-state index contributed by atoms with van der Waals surface area (Å²) in [5, 5.41) is 6.29. The minimum Gasteiger partial charge on any atom is -0.355 e. The molecule has 1 heterocycles. The lowest BCUT2D eigenvalue weighted by Gasteiger charge is -2.28. The third kappa shape index (κ3) is 4.94. The van der Waals surface area contributed by atoms with Crippen molar-refractivity contribution in [3.63, 3.8) is 0 Å². The summed E-state index contributed by atoms with van der Waals surface area (Å²) >= 11 is 0. The van der Waals surface area contributed by atoms with Crippen molar-refractivity contribution in [1.82, 2.24) is 15.5 Å². The summed E-state index contributed by atoms with van der Waals surface area (Å²) in [6, 6.07) is 0.486. The minimum atomic E-state index is 0.232. The van der Waals surface area contributed by atoms with Gasteiger partial charge in [-0.3, -0.25) is 4.79 Å². The predicted octanol–water partition coefficient (Wildman–Crippen LogP) is 0.442. The Kier molecular flexibility index (Phi) is 5.77. The Hall–Kier alpha value is -0.610. The Morgan fingerprint density at radius 2 is 1.94 bits per heavy atom. The zero-order valence-corrected chi connectivity index (χ0v) is 10.8. The van der Waals surface area contributed by atoms with Crippen LogP contribution in [0.2, 0.25) is 0 Å². The zero-order valence-electron chi connectivity index (χ0n) is 10.8. The van der Waals surface area contributed by atoms with Gasteiger partial charge in [0.15, 0.2) is 0 Å². The van der Waals surface area contributed by atoms with Gasteiger partial charge in [0, 0.05) is 25.0 Å². The van der Waals surface area contributed by atoms with Gasteiger partial charge in [-0.25, -0.2) is 0 Å². The first-order valence-electron chi connectivity index (χ1n) is 6.29. The first-order chi connectivity index (χ1) is 7.59. The fourth-order valence-corrected chi connectivity index (χ4v) is 1.96. The van der Waals surface area contributed by atoms with Crippen LogP contribution in [0, 0.1) is 5.92 Å². The SMILES string of the molecule is CC(C)NCCNC(=O)C1CCN(C)CC1. The maximum Gasteiger partial charge on any atom is 0.223 e. The molecule has 0 radical (unpaired) electrons. The molecule has 0 unspecified atom stereocenters. The van der Waals surface area contributed by atoms with E-state index in [9.17, 15) is 4.79 Å². The van der Waals surface area contributed by atoms with Crippen LogP contribution in [0.4, 0.5) is 0 Å².